The van der Waals surface area contributed by atoms with Crippen LogP contribution in [0, 0.1) is 10.1 Å². The molecule has 2 N–H and O–H groups in total. The fourth-order valence-corrected chi connectivity index (χ4v) is 4.44. The zero-order chi connectivity index (χ0) is 27.4. The van der Waals surface area contributed by atoms with Gasteiger partial charge in [0.1, 0.15) is 17.8 Å². The Morgan fingerprint density at radius 1 is 1.24 bits per heavy atom. The lowest BCUT2D eigenvalue weighted by Gasteiger charge is -2.35. The summed E-state index contributed by atoms with van der Waals surface area (Å²) in [7, 11) is 1.52. The molecular formula is C26H27N5O7. The zero-order valence-electron chi connectivity index (χ0n) is 20.9. The van der Waals surface area contributed by atoms with Crippen molar-refractivity contribution in [3.05, 3.63) is 87.5 Å². The third kappa shape index (κ3) is 5.64. The van der Waals surface area contributed by atoms with E-state index in [4.69, 9.17) is 4.74 Å². The van der Waals surface area contributed by atoms with Gasteiger partial charge in [-0.1, -0.05) is 30.3 Å². The molecule has 38 heavy (non-hydrogen) atoms. The number of carbonyl (C=O) groups excluding carboxylic acids is 2. The molecule has 2 aromatic carbocycles. The highest BCUT2D eigenvalue weighted by Gasteiger charge is 2.38. The standard InChI is InChI=1S/C26H27N5O7/c1-16(26(34)35)28-25(33)22-12-20-23(14-30(22)24(32)11-17-6-5-8-19(10-17)38-2)29(15-27-20)13-18-7-3-4-9-21(18)31(36)37/h3-10,15-16,22H,11-14H2,1-2H3,(H,28,33)(H,34,35). The quantitative estimate of drug-likeness (QED) is 0.319. The summed E-state index contributed by atoms with van der Waals surface area (Å²) < 4.78 is 6.97. The van der Waals surface area contributed by atoms with Gasteiger partial charge in [0.25, 0.3) is 5.69 Å². The second-order valence-electron chi connectivity index (χ2n) is 8.99. The molecule has 3 aromatic rings. The number of aromatic nitrogens is 2. The number of carboxylic acids is 1. The molecule has 2 atom stereocenters. The Morgan fingerprint density at radius 2 is 2.00 bits per heavy atom. The number of rotatable bonds is 9. The number of fused-ring (bicyclic) bond motifs is 1. The first-order chi connectivity index (χ1) is 18.2. The fourth-order valence-electron chi connectivity index (χ4n) is 4.44. The molecule has 0 saturated carbocycles. The number of nitro groups is 1. The van der Waals surface area contributed by atoms with Crippen LogP contribution >= 0.6 is 0 Å². The number of imidazole rings is 1. The largest absolute Gasteiger partial charge is 0.497 e. The maximum Gasteiger partial charge on any atom is 0.325 e. The Labute approximate surface area is 218 Å². The summed E-state index contributed by atoms with van der Waals surface area (Å²) >= 11 is 0. The zero-order valence-corrected chi connectivity index (χ0v) is 20.9. The number of hydrogen-bond acceptors (Lipinski definition) is 7. The molecule has 2 amide bonds. The lowest BCUT2D eigenvalue weighted by Crippen LogP contribution is -2.55. The summed E-state index contributed by atoms with van der Waals surface area (Å²) in [5.74, 6) is -1.55. The minimum absolute atomic E-state index is 0.0108. The predicted molar refractivity (Wildman–Crippen MR) is 134 cm³/mol. The first-order valence-corrected chi connectivity index (χ1v) is 11.9. The number of amides is 2. The van der Waals surface area contributed by atoms with E-state index in [1.807, 2.05) is 0 Å². The van der Waals surface area contributed by atoms with Gasteiger partial charge >= 0.3 is 5.97 Å². The molecule has 1 aliphatic heterocycles. The Morgan fingerprint density at radius 3 is 2.71 bits per heavy atom. The molecule has 0 radical (unpaired) electrons. The summed E-state index contributed by atoms with van der Waals surface area (Å²) in [5.41, 5.74) is 2.35. The first-order valence-electron chi connectivity index (χ1n) is 11.9. The lowest BCUT2D eigenvalue weighted by molar-refractivity contribution is -0.385. The van der Waals surface area contributed by atoms with Crippen molar-refractivity contribution in [1.82, 2.24) is 19.8 Å². The van der Waals surface area contributed by atoms with Gasteiger partial charge in [0, 0.05) is 18.1 Å². The summed E-state index contributed by atoms with van der Waals surface area (Å²) in [5, 5.41) is 23.2. The number of methoxy groups -OCH3 is 1. The Hall–Kier alpha value is -4.74. The molecule has 4 rings (SSSR count). The minimum atomic E-state index is -1.20. The van der Waals surface area contributed by atoms with Crippen molar-refractivity contribution < 1.29 is 29.2 Å². The van der Waals surface area contributed by atoms with Gasteiger partial charge in [0.15, 0.2) is 0 Å². The molecule has 0 saturated heterocycles. The number of nitro benzene ring substituents is 1. The Balaban J connectivity index is 1.65. The number of nitrogens with one attached hydrogen (secondary N) is 1. The fraction of sp³-hybridized carbons (Fsp3) is 0.308. The SMILES string of the molecule is COc1cccc(CC(=O)N2Cc3c(ncn3Cc3ccccc3[N+](=O)[O-])CC2C(=O)NC(C)C(=O)O)c1. The van der Waals surface area contributed by atoms with Gasteiger partial charge in [0.05, 0.1) is 49.3 Å². The maximum absolute atomic E-state index is 13.5. The Bertz CT molecular complexity index is 1390. The predicted octanol–water partition coefficient (Wildman–Crippen LogP) is 1.93. The van der Waals surface area contributed by atoms with Gasteiger partial charge in [-0.05, 0) is 24.6 Å². The first kappa shape index (κ1) is 26.3. The maximum atomic E-state index is 13.5. The van der Waals surface area contributed by atoms with E-state index in [1.165, 1.54) is 31.3 Å². The molecule has 12 heteroatoms. The van der Waals surface area contributed by atoms with Crippen LogP contribution in [-0.2, 0) is 40.3 Å². The van der Waals surface area contributed by atoms with Gasteiger partial charge < -0.3 is 24.6 Å². The number of benzene rings is 2. The Kier molecular flexibility index (Phi) is 7.70. The smallest absolute Gasteiger partial charge is 0.325 e. The van der Waals surface area contributed by atoms with Crippen LogP contribution in [0.25, 0.3) is 0 Å². The molecule has 12 nitrogen and oxygen atoms in total. The monoisotopic (exact) mass is 521 g/mol. The van der Waals surface area contributed by atoms with E-state index in [1.54, 1.807) is 47.0 Å². The normalized spacial score (nSPS) is 15.3. The van der Waals surface area contributed by atoms with E-state index in [-0.39, 0.29) is 37.5 Å². The molecule has 0 fully saturated rings. The molecule has 198 valence electrons. The van der Waals surface area contributed by atoms with Gasteiger partial charge in [-0.25, -0.2) is 4.98 Å². The summed E-state index contributed by atoms with van der Waals surface area (Å²) in [4.78, 5) is 54.8. The molecule has 0 spiro atoms. The van der Waals surface area contributed by atoms with Crippen LogP contribution in [0.5, 0.6) is 5.75 Å². The number of nitrogens with zero attached hydrogens (tertiary/aromatic N) is 4. The van der Waals surface area contributed by atoms with Crippen molar-refractivity contribution in [2.45, 2.75) is 44.9 Å². The topological polar surface area (TPSA) is 157 Å². The van der Waals surface area contributed by atoms with E-state index >= 15 is 0 Å². The third-order valence-electron chi connectivity index (χ3n) is 6.49. The number of carbonyl (C=O) groups is 3. The van der Waals surface area contributed by atoms with Crippen molar-refractivity contribution >= 4 is 23.5 Å². The molecule has 2 heterocycles. The van der Waals surface area contributed by atoms with Gasteiger partial charge in [-0.2, -0.15) is 0 Å². The highest BCUT2D eigenvalue weighted by Crippen LogP contribution is 2.27. The molecule has 1 aromatic heterocycles. The molecular weight excluding hydrogens is 494 g/mol. The van der Waals surface area contributed by atoms with Gasteiger partial charge in [-0.3, -0.25) is 24.5 Å². The van der Waals surface area contributed by atoms with Crippen molar-refractivity contribution in [1.29, 1.82) is 0 Å². The van der Waals surface area contributed by atoms with Crippen molar-refractivity contribution in [2.75, 3.05) is 7.11 Å². The number of hydrogen-bond donors (Lipinski definition) is 2. The van der Waals surface area contributed by atoms with Gasteiger partial charge in [0.2, 0.25) is 11.8 Å². The van der Waals surface area contributed by atoms with Crippen LogP contribution in [0.3, 0.4) is 0 Å². The summed E-state index contributed by atoms with van der Waals surface area (Å²) in [6.07, 6.45) is 1.59. The van der Waals surface area contributed by atoms with Crippen LogP contribution in [0.1, 0.15) is 29.4 Å². The van der Waals surface area contributed by atoms with Crippen LogP contribution in [0.15, 0.2) is 54.9 Å². The molecule has 0 aliphatic carbocycles. The number of ether oxygens (including phenoxy) is 1. The number of carboxylic acid groups (broad SMARTS) is 1. The van der Waals surface area contributed by atoms with Crippen molar-refractivity contribution in [2.24, 2.45) is 0 Å². The van der Waals surface area contributed by atoms with Crippen molar-refractivity contribution in [3.8, 4) is 5.75 Å². The van der Waals surface area contributed by atoms with Crippen LogP contribution in [0.4, 0.5) is 5.69 Å². The van der Waals surface area contributed by atoms with E-state index in [0.717, 1.165) is 0 Å². The lowest BCUT2D eigenvalue weighted by atomic mass is 9.99. The average Bonchev–Trinajstić information content (AvgIpc) is 3.29. The van der Waals surface area contributed by atoms with Gasteiger partial charge in [-0.15, -0.1) is 0 Å². The minimum Gasteiger partial charge on any atom is -0.497 e. The molecule has 0 bridgehead atoms. The second kappa shape index (κ2) is 11.1. The number of para-hydroxylation sites is 1. The van der Waals surface area contributed by atoms with Crippen LogP contribution < -0.4 is 10.1 Å². The van der Waals surface area contributed by atoms with Crippen LogP contribution in [0.2, 0.25) is 0 Å². The highest BCUT2D eigenvalue weighted by molar-refractivity contribution is 5.91. The van der Waals surface area contributed by atoms with Crippen molar-refractivity contribution in [3.63, 3.8) is 0 Å². The average molecular weight is 522 g/mol. The second-order valence-corrected chi connectivity index (χ2v) is 8.99. The third-order valence-corrected chi connectivity index (χ3v) is 6.49. The number of aliphatic carboxylic acids is 1. The summed E-state index contributed by atoms with van der Waals surface area (Å²) in [6, 6.07) is 11.3. The van der Waals surface area contributed by atoms with Crippen LogP contribution in [-0.4, -0.2) is 61.5 Å². The van der Waals surface area contributed by atoms with E-state index in [2.05, 4.69) is 10.3 Å². The van der Waals surface area contributed by atoms with E-state index in [9.17, 15) is 29.6 Å². The van der Waals surface area contributed by atoms with E-state index < -0.39 is 28.9 Å². The van der Waals surface area contributed by atoms with E-state index in [0.29, 0.717) is 28.3 Å². The molecule has 1 aliphatic rings. The molecule has 2 unspecified atom stereocenters. The highest BCUT2D eigenvalue weighted by atomic mass is 16.6. The summed E-state index contributed by atoms with van der Waals surface area (Å²) in [6.45, 7) is 1.53.